The number of phenolic OH excluding ortho intramolecular Hbond substituents is 2. The van der Waals surface area contributed by atoms with Crippen LogP contribution in [0.1, 0.15) is 12.8 Å². The van der Waals surface area contributed by atoms with Crippen LogP contribution in [-0.2, 0) is 4.74 Å². The van der Waals surface area contributed by atoms with Gasteiger partial charge in [0.25, 0.3) is 0 Å². The molecule has 3 rings (SSSR count). The molecule has 1 atom stereocenters. The first kappa shape index (κ1) is 13.2. The molecule has 20 heavy (non-hydrogen) atoms. The number of anilines is 1. The van der Waals surface area contributed by atoms with Crippen molar-refractivity contribution in [2.75, 3.05) is 18.5 Å². The highest BCUT2D eigenvalue weighted by atomic mass is 32.1. The van der Waals surface area contributed by atoms with Crippen LogP contribution in [0.15, 0.2) is 23.6 Å². The van der Waals surface area contributed by atoms with Crippen LogP contribution < -0.4 is 5.32 Å². The first-order chi connectivity index (χ1) is 9.72. The lowest BCUT2D eigenvalue weighted by molar-refractivity contribution is 0.120. The molecule has 1 aromatic heterocycles. The van der Waals surface area contributed by atoms with Crippen LogP contribution in [0.5, 0.6) is 11.5 Å². The highest BCUT2D eigenvalue weighted by Gasteiger charge is 2.16. The van der Waals surface area contributed by atoms with Crippen LogP contribution in [0.3, 0.4) is 0 Å². The van der Waals surface area contributed by atoms with E-state index in [4.69, 9.17) is 4.74 Å². The fourth-order valence-corrected chi connectivity index (χ4v) is 2.94. The van der Waals surface area contributed by atoms with Gasteiger partial charge in [0.1, 0.15) is 11.5 Å². The van der Waals surface area contributed by atoms with Crippen molar-refractivity contribution in [2.24, 2.45) is 0 Å². The van der Waals surface area contributed by atoms with Crippen LogP contribution in [0.25, 0.3) is 11.3 Å². The summed E-state index contributed by atoms with van der Waals surface area (Å²) in [6.45, 7) is 1.60. The van der Waals surface area contributed by atoms with E-state index in [1.807, 2.05) is 5.38 Å². The largest absolute Gasteiger partial charge is 0.508 e. The highest BCUT2D eigenvalue weighted by molar-refractivity contribution is 7.14. The molecule has 1 aromatic carbocycles. The van der Waals surface area contributed by atoms with Gasteiger partial charge in [0.15, 0.2) is 5.13 Å². The van der Waals surface area contributed by atoms with Gasteiger partial charge in [-0.1, -0.05) is 0 Å². The highest BCUT2D eigenvalue weighted by Crippen LogP contribution is 2.33. The Hall–Kier alpha value is -1.79. The Balaban J connectivity index is 1.69. The maximum atomic E-state index is 9.82. The van der Waals surface area contributed by atoms with E-state index in [0.29, 0.717) is 11.3 Å². The van der Waals surface area contributed by atoms with Crippen LogP contribution >= 0.6 is 11.3 Å². The number of aromatic nitrogens is 1. The molecular weight excluding hydrogens is 276 g/mol. The molecule has 6 heteroatoms. The molecule has 0 aliphatic carbocycles. The zero-order valence-corrected chi connectivity index (χ0v) is 11.7. The van der Waals surface area contributed by atoms with Gasteiger partial charge < -0.3 is 20.3 Å². The summed E-state index contributed by atoms with van der Waals surface area (Å²) in [5.41, 5.74) is 1.31. The van der Waals surface area contributed by atoms with Crippen molar-refractivity contribution in [1.29, 1.82) is 0 Å². The second kappa shape index (κ2) is 5.68. The molecule has 0 radical (unpaired) electrons. The Labute approximate surface area is 120 Å². The van der Waals surface area contributed by atoms with Crippen molar-refractivity contribution in [3.05, 3.63) is 23.6 Å². The zero-order valence-electron chi connectivity index (χ0n) is 10.9. The fourth-order valence-electron chi connectivity index (χ4n) is 2.22. The van der Waals surface area contributed by atoms with Gasteiger partial charge in [-0.05, 0) is 25.0 Å². The van der Waals surface area contributed by atoms with E-state index in [2.05, 4.69) is 10.3 Å². The van der Waals surface area contributed by atoms with E-state index in [1.54, 1.807) is 6.07 Å². The standard InChI is InChI=1S/C14H16N2O3S/c17-9-3-4-11(13(18)6-9)12-8-20-14(16-12)15-7-10-2-1-5-19-10/h3-4,6,8,10,17-18H,1-2,5,7H2,(H,15,16). The predicted octanol–water partition coefficient (Wildman–Crippen LogP) is 2.81. The number of thiazole rings is 1. The normalized spacial score (nSPS) is 18.3. The van der Waals surface area contributed by atoms with E-state index < -0.39 is 0 Å². The Kier molecular flexibility index (Phi) is 3.75. The van der Waals surface area contributed by atoms with E-state index in [-0.39, 0.29) is 17.6 Å². The van der Waals surface area contributed by atoms with Crippen molar-refractivity contribution < 1.29 is 14.9 Å². The molecule has 0 bridgehead atoms. The van der Waals surface area contributed by atoms with Gasteiger partial charge in [0.2, 0.25) is 0 Å². The number of aromatic hydroxyl groups is 2. The van der Waals surface area contributed by atoms with Crippen molar-refractivity contribution in [3.63, 3.8) is 0 Å². The summed E-state index contributed by atoms with van der Waals surface area (Å²) < 4.78 is 5.54. The third-order valence-electron chi connectivity index (χ3n) is 3.27. The number of phenols is 2. The van der Waals surface area contributed by atoms with Crippen LogP contribution in [0, 0.1) is 0 Å². The second-order valence-corrected chi connectivity index (χ2v) is 5.61. The molecular formula is C14H16N2O3S. The third-order valence-corrected chi connectivity index (χ3v) is 4.07. The maximum Gasteiger partial charge on any atom is 0.183 e. The van der Waals surface area contributed by atoms with Gasteiger partial charge >= 0.3 is 0 Å². The number of ether oxygens (including phenoxy) is 1. The Morgan fingerprint density at radius 3 is 3.05 bits per heavy atom. The monoisotopic (exact) mass is 292 g/mol. The average Bonchev–Trinajstić information content (AvgIpc) is 3.07. The summed E-state index contributed by atoms with van der Waals surface area (Å²) in [5.74, 6) is 0.0687. The minimum atomic E-state index is 0.0287. The topological polar surface area (TPSA) is 74.6 Å². The lowest BCUT2D eigenvalue weighted by atomic mass is 10.1. The predicted molar refractivity (Wildman–Crippen MR) is 78.3 cm³/mol. The number of hydrogen-bond acceptors (Lipinski definition) is 6. The van der Waals surface area contributed by atoms with Crippen molar-refractivity contribution in [3.8, 4) is 22.8 Å². The van der Waals surface area contributed by atoms with Crippen LogP contribution in [0.2, 0.25) is 0 Å². The molecule has 0 amide bonds. The number of benzene rings is 1. The lowest BCUT2D eigenvalue weighted by Crippen LogP contribution is -2.18. The molecule has 1 aliphatic heterocycles. The molecule has 3 N–H and O–H groups in total. The van der Waals surface area contributed by atoms with Gasteiger partial charge in [0, 0.05) is 30.2 Å². The molecule has 1 aliphatic rings. The van der Waals surface area contributed by atoms with Gasteiger partial charge in [-0.15, -0.1) is 11.3 Å². The third kappa shape index (κ3) is 2.86. The Morgan fingerprint density at radius 1 is 1.40 bits per heavy atom. The van der Waals surface area contributed by atoms with Crippen molar-refractivity contribution >= 4 is 16.5 Å². The molecule has 1 unspecified atom stereocenters. The van der Waals surface area contributed by atoms with Crippen LogP contribution in [-0.4, -0.2) is 34.5 Å². The molecule has 2 heterocycles. The Morgan fingerprint density at radius 2 is 2.30 bits per heavy atom. The summed E-state index contributed by atoms with van der Waals surface area (Å²) in [5, 5.41) is 25.1. The van der Waals surface area contributed by atoms with Gasteiger partial charge in [-0.2, -0.15) is 0 Å². The summed E-state index contributed by atoms with van der Waals surface area (Å²) in [6.07, 6.45) is 2.48. The van der Waals surface area contributed by atoms with E-state index in [0.717, 1.165) is 31.1 Å². The minimum absolute atomic E-state index is 0.0287. The molecule has 1 fully saturated rings. The van der Waals surface area contributed by atoms with Gasteiger partial charge in [-0.25, -0.2) is 4.98 Å². The average molecular weight is 292 g/mol. The number of hydrogen-bond donors (Lipinski definition) is 3. The molecule has 5 nitrogen and oxygen atoms in total. The molecule has 0 saturated carbocycles. The van der Waals surface area contributed by atoms with Crippen LogP contribution in [0.4, 0.5) is 5.13 Å². The molecule has 2 aromatic rings. The molecule has 106 valence electrons. The van der Waals surface area contributed by atoms with Gasteiger partial charge in [0.05, 0.1) is 11.8 Å². The van der Waals surface area contributed by atoms with Gasteiger partial charge in [-0.3, -0.25) is 0 Å². The van der Waals surface area contributed by atoms with E-state index in [9.17, 15) is 10.2 Å². The quantitative estimate of drug-likeness (QED) is 0.808. The lowest BCUT2D eigenvalue weighted by Gasteiger charge is -2.09. The first-order valence-corrected chi connectivity index (χ1v) is 7.44. The number of rotatable bonds is 4. The second-order valence-electron chi connectivity index (χ2n) is 4.76. The number of nitrogens with one attached hydrogen (secondary N) is 1. The summed E-state index contributed by atoms with van der Waals surface area (Å²) in [4.78, 5) is 4.44. The molecule has 1 saturated heterocycles. The summed E-state index contributed by atoms with van der Waals surface area (Å²) in [6, 6.07) is 4.51. The fraction of sp³-hybridized carbons (Fsp3) is 0.357. The zero-order chi connectivity index (χ0) is 13.9. The van der Waals surface area contributed by atoms with Crippen molar-refractivity contribution in [1.82, 2.24) is 4.98 Å². The number of nitrogens with zero attached hydrogens (tertiary/aromatic N) is 1. The smallest absolute Gasteiger partial charge is 0.183 e. The SMILES string of the molecule is Oc1ccc(-c2csc(NCC3CCCO3)n2)c(O)c1. The Bertz CT molecular complexity index is 594. The minimum Gasteiger partial charge on any atom is -0.508 e. The summed E-state index contributed by atoms with van der Waals surface area (Å²) >= 11 is 1.49. The first-order valence-electron chi connectivity index (χ1n) is 6.56. The summed E-state index contributed by atoms with van der Waals surface area (Å²) in [7, 11) is 0. The molecule has 0 spiro atoms. The maximum absolute atomic E-state index is 9.82. The van der Waals surface area contributed by atoms with E-state index >= 15 is 0 Å². The van der Waals surface area contributed by atoms with E-state index in [1.165, 1.54) is 23.5 Å². The van der Waals surface area contributed by atoms with Crippen molar-refractivity contribution in [2.45, 2.75) is 18.9 Å².